The van der Waals surface area contributed by atoms with Crippen molar-refractivity contribution in [1.82, 2.24) is 9.97 Å². The number of aliphatic carboxylic acids is 1. The van der Waals surface area contributed by atoms with E-state index in [2.05, 4.69) is 49.8 Å². The molecule has 0 unspecified atom stereocenters. The lowest BCUT2D eigenvalue weighted by molar-refractivity contribution is -0.147. The molecule has 0 aromatic carbocycles. The Bertz CT molecular complexity index is 1390. The average Bonchev–Trinajstić information content (AvgIpc) is 3.71. The molecule has 4 rings (SSSR count). The molecule has 2 heterocycles. The van der Waals surface area contributed by atoms with Crippen LogP contribution in [0.2, 0.25) is 0 Å². The Labute approximate surface area is 312 Å². The molecule has 10 atom stereocenters. The monoisotopic (exact) mass is 724 g/mol. The van der Waals surface area contributed by atoms with Crippen LogP contribution in [-0.2, 0) is 11.2 Å². The molecule has 9 heteroatoms. The van der Waals surface area contributed by atoms with E-state index in [1.807, 2.05) is 24.4 Å². The maximum atomic E-state index is 12.3. The van der Waals surface area contributed by atoms with Crippen molar-refractivity contribution < 1.29 is 30.3 Å². The topological polar surface area (TPSA) is 173 Å². The van der Waals surface area contributed by atoms with Crippen LogP contribution in [0.4, 0.5) is 5.82 Å². The third-order valence-corrected chi connectivity index (χ3v) is 12.2. The van der Waals surface area contributed by atoms with Crippen molar-refractivity contribution in [3.63, 3.8) is 0 Å². The van der Waals surface area contributed by atoms with Crippen LogP contribution in [-0.4, -0.2) is 59.3 Å². The average molecular weight is 724 g/mol. The number of carboxylic acid groups (broad SMARTS) is 1. The Hall–Kier alpha value is -2.72. The van der Waals surface area contributed by atoms with E-state index in [1.54, 1.807) is 6.20 Å². The molecule has 1 fully saturated rings. The van der Waals surface area contributed by atoms with Gasteiger partial charge in [-0.25, -0.2) is 4.98 Å². The lowest BCUT2D eigenvalue weighted by Gasteiger charge is -2.34. The molecule has 0 bridgehead atoms. The maximum Gasteiger partial charge on any atom is 0.309 e. The highest BCUT2D eigenvalue weighted by molar-refractivity contribution is 5.70. The summed E-state index contributed by atoms with van der Waals surface area (Å²) in [6.07, 6.45) is 18.0. The number of carbonyl (C=O) groups is 1. The predicted molar refractivity (Wildman–Crippen MR) is 207 cm³/mol. The summed E-state index contributed by atoms with van der Waals surface area (Å²) in [7, 11) is 0. The van der Waals surface area contributed by atoms with Gasteiger partial charge in [-0.3, -0.25) is 4.79 Å². The molecule has 0 aliphatic heterocycles. The second kappa shape index (κ2) is 20.1. The summed E-state index contributed by atoms with van der Waals surface area (Å²) >= 11 is 0. The van der Waals surface area contributed by atoms with Crippen molar-refractivity contribution in [3.05, 3.63) is 59.6 Å². The van der Waals surface area contributed by atoms with E-state index in [0.29, 0.717) is 61.4 Å². The van der Waals surface area contributed by atoms with Gasteiger partial charge in [0, 0.05) is 29.9 Å². The second-order valence-electron chi connectivity index (χ2n) is 17.0. The fraction of sp³-hybridized carbons (Fsp3) is 0.721. The number of H-pyrrole nitrogens is 1. The third kappa shape index (κ3) is 12.2. The Morgan fingerprint density at radius 2 is 1.81 bits per heavy atom. The van der Waals surface area contributed by atoms with Crippen LogP contribution in [0.3, 0.4) is 0 Å². The Kier molecular flexibility index (Phi) is 16.2. The highest BCUT2D eigenvalue weighted by Crippen LogP contribution is 2.50. The quantitative estimate of drug-likeness (QED) is 0.0472. The maximum absolute atomic E-state index is 12.3. The number of nitrogens with one attached hydrogen (secondary N) is 1. The lowest BCUT2D eigenvalue weighted by atomic mass is 9.79. The second-order valence-corrected chi connectivity index (χ2v) is 17.0. The van der Waals surface area contributed by atoms with Crippen LogP contribution < -0.4 is 5.73 Å². The van der Waals surface area contributed by atoms with Crippen molar-refractivity contribution in [2.45, 2.75) is 160 Å². The minimum Gasteiger partial charge on any atom is -0.481 e. The normalized spacial score (nSPS) is 27.1. The Balaban J connectivity index is 1.34. The van der Waals surface area contributed by atoms with Crippen LogP contribution in [0.1, 0.15) is 153 Å². The smallest absolute Gasteiger partial charge is 0.309 e. The van der Waals surface area contributed by atoms with Gasteiger partial charge >= 0.3 is 5.97 Å². The summed E-state index contributed by atoms with van der Waals surface area (Å²) in [5, 5.41) is 56.1. The number of anilines is 1. The molecule has 2 aromatic heterocycles. The zero-order valence-corrected chi connectivity index (χ0v) is 32.3. The van der Waals surface area contributed by atoms with Gasteiger partial charge < -0.3 is 36.3 Å². The predicted octanol–water partition coefficient (Wildman–Crippen LogP) is 8.10. The molecule has 2 aliphatic carbocycles. The van der Waals surface area contributed by atoms with Crippen LogP contribution in [0.15, 0.2) is 42.7 Å². The molecule has 2 aromatic rings. The highest BCUT2D eigenvalue weighted by atomic mass is 16.4. The van der Waals surface area contributed by atoms with Gasteiger partial charge in [-0.15, -0.1) is 0 Å². The molecular formula is C43H69N3O6. The van der Waals surface area contributed by atoms with Crippen LogP contribution in [0.5, 0.6) is 0 Å². The number of aromatic nitrogens is 2. The number of nitrogens with two attached hydrogens (primary N) is 1. The molecule has 0 amide bonds. The number of allylic oxidation sites excluding steroid dienone is 1. The van der Waals surface area contributed by atoms with Gasteiger partial charge in [0.05, 0.1) is 29.8 Å². The van der Waals surface area contributed by atoms with Crippen molar-refractivity contribution in [2.24, 2.45) is 35.5 Å². The summed E-state index contributed by atoms with van der Waals surface area (Å²) < 4.78 is 0. The van der Waals surface area contributed by atoms with Gasteiger partial charge in [-0.05, 0) is 117 Å². The van der Waals surface area contributed by atoms with E-state index in [9.17, 15) is 30.3 Å². The first kappa shape index (κ1) is 42.0. The summed E-state index contributed by atoms with van der Waals surface area (Å²) in [5.41, 5.74) is 7.49. The standard InChI is InChI=1S/C43H69N3O6/c1-5-6-8-11-30-14-15-33(39(48)23-30)12-9-7-10-13-35(42(50)51)38(47)16-18-43(52)26-32(21-31-17-19-45-40(44)24-31)22-36(43)41(49)37-25-34(27-46-37)29(4)20-28(2)3/h14-15,17,19,24-25,27-30,32-33,35-36,38-39,41,46-49,52H,5-13,16,18,20-23,26H2,1-4H3,(H2,44,45)(H,50,51)/t29-,30-,32-,33-,35+,36+,38-,39-,41+,43+/m1/s1. The molecule has 52 heavy (non-hydrogen) atoms. The van der Waals surface area contributed by atoms with Gasteiger partial charge in [0.25, 0.3) is 0 Å². The minimum atomic E-state index is -1.29. The van der Waals surface area contributed by atoms with Gasteiger partial charge in [0.2, 0.25) is 0 Å². The number of nitrogens with zero attached hydrogens (tertiary/aromatic N) is 1. The molecule has 0 saturated heterocycles. The molecule has 292 valence electrons. The fourth-order valence-corrected chi connectivity index (χ4v) is 9.23. The van der Waals surface area contributed by atoms with Crippen LogP contribution in [0.25, 0.3) is 0 Å². The van der Waals surface area contributed by atoms with Crippen molar-refractivity contribution in [2.75, 3.05) is 5.73 Å². The number of aliphatic hydroxyl groups excluding tert-OH is 3. The SMILES string of the molecule is CCCCC[C@@H]1C=C[C@@H](CCCCC[C@H](C(=O)O)[C@H](O)CC[C@]2(O)C[C@H](Cc3ccnc(N)c3)C[C@H]2[C@H](O)c2cc([C@H](C)CC(C)C)c[nH]2)[C@H](O)C1. The first-order valence-corrected chi connectivity index (χ1v) is 20.4. The van der Waals surface area contributed by atoms with Gasteiger partial charge in [-0.2, -0.15) is 0 Å². The molecule has 9 nitrogen and oxygen atoms in total. The van der Waals surface area contributed by atoms with Gasteiger partial charge in [0.1, 0.15) is 5.82 Å². The molecule has 2 aliphatic rings. The number of unbranched alkanes of at least 4 members (excludes halogenated alkanes) is 4. The Morgan fingerprint density at radius 1 is 1.04 bits per heavy atom. The Morgan fingerprint density at radius 3 is 2.50 bits per heavy atom. The van der Waals surface area contributed by atoms with Crippen molar-refractivity contribution in [1.29, 1.82) is 0 Å². The van der Waals surface area contributed by atoms with E-state index in [0.717, 1.165) is 49.7 Å². The number of hydrogen-bond donors (Lipinski definition) is 7. The zero-order valence-electron chi connectivity index (χ0n) is 32.3. The highest BCUT2D eigenvalue weighted by Gasteiger charge is 2.50. The molecular weight excluding hydrogens is 654 g/mol. The molecule has 1 saturated carbocycles. The summed E-state index contributed by atoms with van der Waals surface area (Å²) in [6, 6.07) is 5.78. The number of hydrogen-bond acceptors (Lipinski definition) is 7. The third-order valence-electron chi connectivity index (χ3n) is 12.2. The number of carboxylic acids is 1. The van der Waals surface area contributed by atoms with Crippen molar-refractivity contribution >= 4 is 11.8 Å². The summed E-state index contributed by atoms with van der Waals surface area (Å²) in [5.74, 6) is -0.444. The molecule has 0 radical (unpaired) electrons. The van der Waals surface area contributed by atoms with E-state index in [-0.39, 0.29) is 30.8 Å². The van der Waals surface area contributed by atoms with Crippen LogP contribution >= 0.6 is 0 Å². The molecule has 8 N–H and O–H groups in total. The number of rotatable bonds is 22. The largest absolute Gasteiger partial charge is 0.481 e. The fourth-order valence-electron chi connectivity index (χ4n) is 9.23. The minimum absolute atomic E-state index is 0.0673. The van der Waals surface area contributed by atoms with Crippen LogP contribution in [0, 0.1) is 35.5 Å². The number of nitrogen functional groups attached to an aromatic ring is 1. The molecule has 0 spiro atoms. The van der Waals surface area contributed by atoms with E-state index in [1.165, 1.54) is 19.3 Å². The van der Waals surface area contributed by atoms with Gasteiger partial charge in [0.15, 0.2) is 0 Å². The first-order valence-electron chi connectivity index (χ1n) is 20.4. The van der Waals surface area contributed by atoms with Gasteiger partial charge in [-0.1, -0.05) is 78.4 Å². The number of aromatic amines is 1. The summed E-state index contributed by atoms with van der Waals surface area (Å²) in [4.78, 5) is 19.7. The zero-order chi connectivity index (χ0) is 37.8. The number of aliphatic hydroxyl groups is 4. The lowest BCUT2D eigenvalue weighted by Crippen LogP contribution is -2.39. The van der Waals surface area contributed by atoms with Crippen molar-refractivity contribution in [3.8, 4) is 0 Å². The first-order chi connectivity index (χ1) is 24.8. The number of pyridine rings is 1. The summed E-state index contributed by atoms with van der Waals surface area (Å²) in [6.45, 7) is 8.78. The van der Waals surface area contributed by atoms with E-state index >= 15 is 0 Å². The van der Waals surface area contributed by atoms with E-state index < -0.39 is 35.6 Å². The van der Waals surface area contributed by atoms with E-state index in [4.69, 9.17) is 5.73 Å².